The van der Waals surface area contributed by atoms with Gasteiger partial charge >= 0.3 is 5.63 Å². The van der Waals surface area contributed by atoms with E-state index in [0.29, 0.717) is 11.3 Å². The van der Waals surface area contributed by atoms with Gasteiger partial charge in [-0.15, -0.1) is 0 Å². The Morgan fingerprint density at radius 2 is 2.20 bits per heavy atom. The summed E-state index contributed by atoms with van der Waals surface area (Å²) in [7, 11) is 1.54. The van der Waals surface area contributed by atoms with Gasteiger partial charge in [-0.1, -0.05) is 0 Å². The van der Waals surface area contributed by atoms with Gasteiger partial charge in [0.05, 0.1) is 19.3 Å². The van der Waals surface area contributed by atoms with E-state index in [1.807, 2.05) is 0 Å². The molecule has 1 aromatic carbocycles. The van der Waals surface area contributed by atoms with E-state index in [9.17, 15) is 4.79 Å². The molecule has 0 bridgehead atoms. The van der Waals surface area contributed by atoms with Crippen LogP contribution in [0.25, 0.3) is 11.0 Å². The number of fused-ring (bicyclic) bond motifs is 1. The molecular formula is C11H10O4. The van der Waals surface area contributed by atoms with Crippen LogP contribution in [0.2, 0.25) is 0 Å². The summed E-state index contributed by atoms with van der Waals surface area (Å²) in [6.45, 7) is -0.315. The second-order valence-electron chi connectivity index (χ2n) is 3.12. The Labute approximate surface area is 85.7 Å². The van der Waals surface area contributed by atoms with Gasteiger partial charge in [-0.3, -0.25) is 0 Å². The van der Waals surface area contributed by atoms with Crippen LogP contribution in [-0.2, 0) is 6.61 Å². The first-order valence-corrected chi connectivity index (χ1v) is 4.46. The molecule has 1 N–H and O–H groups in total. The van der Waals surface area contributed by atoms with Crippen LogP contribution in [0.3, 0.4) is 0 Å². The lowest BCUT2D eigenvalue weighted by Gasteiger charge is -2.02. The summed E-state index contributed by atoms with van der Waals surface area (Å²) in [6, 6.07) is 6.79. The van der Waals surface area contributed by atoms with Crippen LogP contribution in [0.5, 0.6) is 5.75 Å². The standard InChI is InChI=1S/C11H10O4/c1-14-9-3-2-7-4-8(6-12)11(13)15-10(7)5-9/h2-5,12H,6H2,1H3. The van der Waals surface area contributed by atoms with Gasteiger partial charge in [0.1, 0.15) is 11.3 Å². The SMILES string of the molecule is COc1ccc2cc(CO)c(=O)oc2c1. The van der Waals surface area contributed by atoms with Gasteiger partial charge in [-0.05, 0) is 18.2 Å². The quantitative estimate of drug-likeness (QED) is 0.752. The van der Waals surface area contributed by atoms with Crippen LogP contribution >= 0.6 is 0 Å². The average Bonchev–Trinajstić information content (AvgIpc) is 2.27. The molecule has 0 saturated carbocycles. The highest BCUT2D eigenvalue weighted by Gasteiger charge is 2.04. The minimum atomic E-state index is -0.516. The van der Waals surface area contributed by atoms with Gasteiger partial charge in [0.25, 0.3) is 0 Å². The Hall–Kier alpha value is -1.81. The Balaban J connectivity index is 2.70. The van der Waals surface area contributed by atoms with Crippen LogP contribution in [-0.4, -0.2) is 12.2 Å². The molecule has 4 nitrogen and oxygen atoms in total. The summed E-state index contributed by atoms with van der Waals surface area (Å²) in [5.74, 6) is 0.627. The summed E-state index contributed by atoms with van der Waals surface area (Å²) < 4.78 is 10.0. The molecule has 0 unspecified atom stereocenters. The molecule has 4 heteroatoms. The molecule has 15 heavy (non-hydrogen) atoms. The smallest absolute Gasteiger partial charge is 0.341 e. The van der Waals surface area contributed by atoms with Crippen molar-refractivity contribution in [2.24, 2.45) is 0 Å². The van der Waals surface area contributed by atoms with Crippen molar-refractivity contribution in [3.8, 4) is 5.75 Å². The fraction of sp³-hybridized carbons (Fsp3) is 0.182. The van der Waals surface area contributed by atoms with E-state index in [1.54, 1.807) is 31.4 Å². The molecule has 0 aliphatic heterocycles. The van der Waals surface area contributed by atoms with E-state index >= 15 is 0 Å². The van der Waals surface area contributed by atoms with Gasteiger partial charge in [-0.2, -0.15) is 0 Å². The van der Waals surface area contributed by atoms with Gasteiger partial charge < -0.3 is 14.3 Å². The predicted octanol–water partition coefficient (Wildman–Crippen LogP) is 1.29. The molecule has 0 atom stereocenters. The number of hydrogen-bond acceptors (Lipinski definition) is 4. The van der Waals surface area contributed by atoms with Crippen LogP contribution in [0, 0.1) is 0 Å². The van der Waals surface area contributed by atoms with E-state index in [0.717, 1.165) is 5.39 Å². The molecule has 0 aliphatic carbocycles. The number of rotatable bonds is 2. The molecule has 2 aromatic rings. The zero-order valence-corrected chi connectivity index (χ0v) is 8.19. The van der Waals surface area contributed by atoms with Crippen molar-refractivity contribution in [1.29, 1.82) is 0 Å². The number of hydrogen-bond donors (Lipinski definition) is 1. The van der Waals surface area contributed by atoms with Crippen LogP contribution in [0.4, 0.5) is 0 Å². The first kappa shape index (κ1) is 9.73. The Morgan fingerprint density at radius 3 is 2.87 bits per heavy atom. The van der Waals surface area contributed by atoms with E-state index in [2.05, 4.69) is 0 Å². The molecule has 0 amide bonds. The molecule has 2 rings (SSSR count). The van der Waals surface area contributed by atoms with Crippen molar-refractivity contribution >= 4 is 11.0 Å². The van der Waals surface area contributed by atoms with E-state index in [4.69, 9.17) is 14.3 Å². The van der Waals surface area contributed by atoms with Crippen LogP contribution in [0.1, 0.15) is 5.56 Å². The van der Waals surface area contributed by atoms with Gasteiger partial charge in [0.2, 0.25) is 0 Å². The molecule has 1 heterocycles. The van der Waals surface area contributed by atoms with E-state index in [1.165, 1.54) is 0 Å². The monoisotopic (exact) mass is 206 g/mol. The van der Waals surface area contributed by atoms with Crippen molar-refractivity contribution in [1.82, 2.24) is 0 Å². The van der Waals surface area contributed by atoms with Crippen molar-refractivity contribution in [2.75, 3.05) is 7.11 Å². The van der Waals surface area contributed by atoms with E-state index < -0.39 is 5.63 Å². The molecule has 1 aromatic heterocycles. The lowest BCUT2D eigenvalue weighted by atomic mass is 10.2. The maximum absolute atomic E-state index is 11.3. The fourth-order valence-electron chi connectivity index (χ4n) is 1.37. The zero-order chi connectivity index (χ0) is 10.8. The predicted molar refractivity (Wildman–Crippen MR) is 55.0 cm³/mol. The number of aliphatic hydroxyl groups is 1. The second-order valence-corrected chi connectivity index (χ2v) is 3.12. The van der Waals surface area contributed by atoms with Gasteiger partial charge in [0, 0.05) is 11.5 Å². The molecule has 0 aliphatic rings. The van der Waals surface area contributed by atoms with Crippen molar-refractivity contribution in [2.45, 2.75) is 6.61 Å². The molecular weight excluding hydrogens is 196 g/mol. The summed E-state index contributed by atoms with van der Waals surface area (Å²) in [5.41, 5.74) is 0.197. The molecule has 0 saturated heterocycles. The van der Waals surface area contributed by atoms with Crippen molar-refractivity contribution in [3.63, 3.8) is 0 Å². The molecule has 0 spiro atoms. The summed E-state index contributed by atoms with van der Waals surface area (Å²) in [6.07, 6.45) is 0. The maximum atomic E-state index is 11.3. The Bertz CT molecular complexity index is 542. The van der Waals surface area contributed by atoms with Crippen molar-refractivity contribution < 1.29 is 14.3 Å². The molecule has 0 radical (unpaired) electrons. The topological polar surface area (TPSA) is 59.7 Å². The normalized spacial score (nSPS) is 10.5. The highest BCUT2D eigenvalue weighted by atomic mass is 16.5. The lowest BCUT2D eigenvalue weighted by Crippen LogP contribution is -2.06. The maximum Gasteiger partial charge on any atom is 0.341 e. The van der Waals surface area contributed by atoms with Crippen LogP contribution < -0.4 is 10.4 Å². The third-order valence-electron chi connectivity index (χ3n) is 2.19. The third-order valence-corrected chi connectivity index (χ3v) is 2.19. The average molecular weight is 206 g/mol. The molecule has 78 valence electrons. The number of benzene rings is 1. The largest absolute Gasteiger partial charge is 0.497 e. The highest BCUT2D eigenvalue weighted by molar-refractivity contribution is 5.78. The zero-order valence-electron chi connectivity index (χ0n) is 8.19. The number of ether oxygens (including phenoxy) is 1. The third kappa shape index (κ3) is 1.71. The lowest BCUT2D eigenvalue weighted by molar-refractivity contribution is 0.276. The summed E-state index contributed by atoms with van der Waals surface area (Å²) in [5, 5.41) is 9.66. The van der Waals surface area contributed by atoms with Crippen molar-refractivity contribution in [3.05, 3.63) is 40.2 Å². The minimum absolute atomic E-state index is 0.257. The second kappa shape index (κ2) is 3.74. The summed E-state index contributed by atoms with van der Waals surface area (Å²) >= 11 is 0. The molecule has 0 fully saturated rings. The number of aliphatic hydroxyl groups excluding tert-OH is 1. The van der Waals surface area contributed by atoms with E-state index in [-0.39, 0.29) is 12.2 Å². The highest BCUT2D eigenvalue weighted by Crippen LogP contribution is 2.19. The van der Waals surface area contributed by atoms with Gasteiger partial charge in [-0.25, -0.2) is 4.79 Å². The first-order chi connectivity index (χ1) is 7.24. The van der Waals surface area contributed by atoms with Crippen LogP contribution in [0.15, 0.2) is 33.5 Å². The first-order valence-electron chi connectivity index (χ1n) is 4.46. The summed E-state index contributed by atoms with van der Waals surface area (Å²) in [4.78, 5) is 11.3. The fourth-order valence-corrected chi connectivity index (χ4v) is 1.37. The minimum Gasteiger partial charge on any atom is -0.497 e. The Kier molecular flexibility index (Phi) is 2.43. The number of methoxy groups -OCH3 is 1. The van der Waals surface area contributed by atoms with Gasteiger partial charge in [0.15, 0.2) is 0 Å². The Morgan fingerprint density at radius 1 is 1.40 bits per heavy atom.